The standard InChI is InChI=1S/C14H22BrN3O.HI/c1-11(2)10-18-14(16-3)17-8-9-19-13-6-4-12(15)5-7-13;/h4-7,11H,8-10H2,1-3H3,(H2,16,17,18);1H. The van der Waals surface area contributed by atoms with E-state index in [0.29, 0.717) is 19.1 Å². The molecule has 0 atom stereocenters. The van der Waals surface area contributed by atoms with Crippen molar-refractivity contribution in [1.29, 1.82) is 0 Å². The molecule has 114 valence electrons. The predicted octanol–water partition coefficient (Wildman–Crippen LogP) is 3.27. The summed E-state index contributed by atoms with van der Waals surface area (Å²) in [6, 6.07) is 7.81. The van der Waals surface area contributed by atoms with Crippen LogP contribution < -0.4 is 15.4 Å². The molecule has 0 unspecified atom stereocenters. The molecule has 1 aromatic rings. The zero-order valence-corrected chi connectivity index (χ0v) is 16.1. The van der Waals surface area contributed by atoms with Crippen molar-refractivity contribution in [2.45, 2.75) is 13.8 Å². The van der Waals surface area contributed by atoms with E-state index in [4.69, 9.17) is 4.74 Å². The fourth-order valence-corrected chi connectivity index (χ4v) is 1.65. The number of aliphatic imine (C=N–C) groups is 1. The summed E-state index contributed by atoms with van der Waals surface area (Å²) in [4.78, 5) is 4.15. The van der Waals surface area contributed by atoms with Crippen LogP contribution in [0.5, 0.6) is 5.75 Å². The van der Waals surface area contributed by atoms with Crippen molar-refractivity contribution in [1.82, 2.24) is 10.6 Å². The van der Waals surface area contributed by atoms with Crippen molar-refractivity contribution in [2.75, 3.05) is 26.7 Å². The van der Waals surface area contributed by atoms with Gasteiger partial charge in [-0.25, -0.2) is 0 Å². The van der Waals surface area contributed by atoms with Gasteiger partial charge >= 0.3 is 0 Å². The van der Waals surface area contributed by atoms with E-state index < -0.39 is 0 Å². The maximum atomic E-state index is 5.62. The lowest BCUT2D eigenvalue weighted by Crippen LogP contribution is -2.40. The first-order valence-electron chi connectivity index (χ1n) is 6.44. The van der Waals surface area contributed by atoms with Crippen LogP contribution in [-0.4, -0.2) is 32.7 Å². The number of nitrogens with zero attached hydrogens (tertiary/aromatic N) is 1. The number of rotatable bonds is 6. The Balaban J connectivity index is 0.00000361. The summed E-state index contributed by atoms with van der Waals surface area (Å²) in [6.07, 6.45) is 0. The molecule has 0 fully saturated rings. The van der Waals surface area contributed by atoms with E-state index in [1.807, 2.05) is 24.3 Å². The van der Waals surface area contributed by atoms with Gasteiger partial charge in [0.1, 0.15) is 12.4 Å². The molecular formula is C14H23BrIN3O. The smallest absolute Gasteiger partial charge is 0.191 e. The van der Waals surface area contributed by atoms with Crippen LogP contribution in [0.1, 0.15) is 13.8 Å². The van der Waals surface area contributed by atoms with E-state index in [1.165, 1.54) is 0 Å². The zero-order chi connectivity index (χ0) is 14.1. The zero-order valence-electron chi connectivity index (χ0n) is 12.1. The van der Waals surface area contributed by atoms with E-state index in [1.54, 1.807) is 7.05 Å². The Morgan fingerprint density at radius 3 is 2.45 bits per heavy atom. The maximum absolute atomic E-state index is 5.62. The molecule has 1 aromatic carbocycles. The van der Waals surface area contributed by atoms with E-state index in [-0.39, 0.29) is 24.0 Å². The van der Waals surface area contributed by atoms with Gasteiger partial charge in [0, 0.05) is 18.1 Å². The molecule has 4 nitrogen and oxygen atoms in total. The second kappa shape index (κ2) is 11.2. The van der Waals surface area contributed by atoms with Crippen molar-refractivity contribution < 1.29 is 4.74 Å². The molecule has 0 saturated carbocycles. The normalized spacial score (nSPS) is 10.9. The Morgan fingerprint density at radius 2 is 1.90 bits per heavy atom. The third-order valence-corrected chi connectivity index (χ3v) is 2.91. The van der Waals surface area contributed by atoms with Crippen molar-refractivity contribution in [2.24, 2.45) is 10.9 Å². The largest absolute Gasteiger partial charge is 0.492 e. The highest BCUT2D eigenvalue weighted by Crippen LogP contribution is 2.15. The molecule has 0 radical (unpaired) electrons. The lowest BCUT2D eigenvalue weighted by Gasteiger charge is -2.13. The minimum absolute atomic E-state index is 0. The molecule has 0 aliphatic heterocycles. The van der Waals surface area contributed by atoms with Gasteiger partial charge in [-0.2, -0.15) is 0 Å². The molecule has 2 N–H and O–H groups in total. The van der Waals surface area contributed by atoms with Crippen molar-refractivity contribution in [3.8, 4) is 5.75 Å². The van der Waals surface area contributed by atoms with E-state index in [9.17, 15) is 0 Å². The molecule has 0 aliphatic rings. The van der Waals surface area contributed by atoms with Gasteiger partial charge in [0.25, 0.3) is 0 Å². The second-order valence-corrected chi connectivity index (χ2v) is 5.49. The summed E-state index contributed by atoms with van der Waals surface area (Å²) in [5.41, 5.74) is 0. The quantitative estimate of drug-likeness (QED) is 0.299. The highest BCUT2D eigenvalue weighted by Gasteiger charge is 1.99. The molecule has 0 spiro atoms. The number of ether oxygens (including phenoxy) is 1. The SMILES string of the molecule is CN=C(NCCOc1ccc(Br)cc1)NCC(C)C.I. The average Bonchev–Trinajstić information content (AvgIpc) is 2.40. The van der Waals surface area contributed by atoms with Crippen LogP contribution in [0.15, 0.2) is 33.7 Å². The summed E-state index contributed by atoms with van der Waals surface area (Å²) in [5, 5.41) is 6.46. The first-order chi connectivity index (χ1) is 9.11. The summed E-state index contributed by atoms with van der Waals surface area (Å²) in [5.74, 6) is 2.28. The predicted molar refractivity (Wildman–Crippen MR) is 99.3 cm³/mol. The van der Waals surface area contributed by atoms with Gasteiger partial charge in [-0.3, -0.25) is 4.99 Å². The molecule has 0 heterocycles. The van der Waals surface area contributed by atoms with Gasteiger partial charge in [0.05, 0.1) is 6.54 Å². The fourth-order valence-electron chi connectivity index (χ4n) is 1.39. The van der Waals surface area contributed by atoms with Gasteiger partial charge in [0.15, 0.2) is 5.96 Å². The molecule has 20 heavy (non-hydrogen) atoms. The first-order valence-corrected chi connectivity index (χ1v) is 7.24. The van der Waals surface area contributed by atoms with Gasteiger partial charge in [-0.15, -0.1) is 24.0 Å². The molecule has 0 saturated heterocycles. The Bertz CT molecular complexity index is 396. The van der Waals surface area contributed by atoms with Crippen LogP contribution in [-0.2, 0) is 0 Å². The number of nitrogens with one attached hydrogen (secondary N) is 2. The van der Waals surface area contributed by atoms with Crippen molar-refractivity contribution in [3.05, 3.63) is 28.7 Å². The monoisotopic (exact) mass is 455 g/mol. The van der Waals surface area contributed by atoms with Crippen LogP contribution in [0, 0.1) is 5.92 Å². The molecule has 0 aliphatic carbocycles. The fraction of sp³-hybridized carbons (Fsp3) is 0.500. The Hall–Kier alpha value is -0.500. The number of hydrogen-bond acceptors (Lipinski definition) is 2. The molecular weight excluding hydrogens is 433 g/mol. The summed E-state index contributed by atoms with van der Waals surface area (Å²) < 4.78 is 6.67. The van der Waals surface area contributed by atoms with Gasteiger partial charge in [-0.05, 0) is 30.2 Å². The third kappa shape index (κ3) is 8.63. The molecule has 0 aromatic heterocycles. The maximum Gasteiger partial charge on any atom is 0.191 e. The van der Waals surface area contributed by atoms with Gasteiger partial charge in [0.2, 0.25) is 0 Å². The van der Waals surface area contributed by atoms with Crippen LogP contribution >= 0.6 is 39.9 Å². The molecule has 1 rings (SSSR count). The number of hydrogen-bond donors (Lipinski definition) is 2. The highest BCUT2D eigenvalue weighted by atomic mass is 127. The number of benzene rings is 1. The van der Waals surface area contributed by atoms with Crippen molar-refractivity contribution in [3.63, 3.8) is 0 Å². The van der Waals surface area contributed by atoms with Crippen LogP contribution in [0.25, 0.3) is 0 Å². The topological polar surface area (TPSA) is 45.7 Å². The minimum atomic E-state index is 0. The second-order valence-electron chi connectivity index (χ2n) is 4.58. The lowest BCUT2D eigenvalue weighted by molar-refractivity contribution is 0.322. The molecule has 0 amide bonds. The van der Waals surface area contributed by atoms with Crippen LogP contribution in [0.4, 0.5) is 0 Å². The summed E-state index contributed by atoms with van der Waals surface area (Å²) in [6.45, 7) is 6.55. The average molecular weight is 456 g/mol. The Kier molecular flexibility index (Phi) is 10.9. The third-order valence-electron chi connectivity index (χ3n) is 2.38. The highest BCUT2D eigenvalue weighted by molar-refractivity contribution is 14.0. The van der Waals surface area contributed by atoms with E-state index >= 15 is 0 Å². The Morgan fingerprint density at radius 1 is 1.25 bits per heavy atom. The Labute approximate surface area is 146 Å². The first kappa shape index (κ1) is 19.5. The summed E-state index contributed by atoms with van der Waals surface area (Å²) in [7, 11) is 1.77. The van der Waals surface area contributed by atoms with Crippen LogP contribution in [0.3, 0.4) is 0 Å². The van der Waals surface area contributed by atoms with E-state index in [2.05, 4.69) is 45.4 Å². The summed E-state index contributed by atoms with van der Waals surface area (Å²) >= 11 is 3.39. The molecule has 6 heteroatoms. The molecule has 0 bridgehead atoms. The van der Waals surface area contributed by atoms with Crippen LogP contribution in [0.2, 0.25) is 0 Å². The minimum Gasteiger partial charge on any atom is -0.492 e. The van der Waals surface area contributed by atoms with Crippen molar-refractivity contribution >= 4 is 45.9 Å². The van der Waals surface area contributed by atoms with Gasteiger partial charge < -0.3 is 15.4 Å². The van der Waals surface area contributed by atoms with Gasteiger partial charge in [-0.1, -0.05) is 29.8 Å². The number of guanidine groups is 1. The number of halogens is 2. The lowest BCUT2D eigenvalue weighted by atomic mass is 10.2. The van der Waals surface area contributed by atoms with E-state index in [0.717, 1.165) is 22.7 Å².